The van der Waals surface area contributed by atoms with E-state index in [9.17, 15) is 5.11 Å². The third-order valence-corrected chi connectivity index (χ3v) is 4.32. The number of methoxy groups -OCH3 is 1. The highest BCUT2D eigenvalue weighted by molar-refractivity contribution is 5.38. The molecule has 1 N–H and O–H groups in total. The van der Waals surface area contributed by atoms with Gasteiger partial charge in [-0.15, -0.1) is 0 Å². The quantitative estimate of drug-likeness (QED) is 0.830. The van der Waals surface area contributed by atoms with E-state index >= 15 is 0 Å². The Balaban J connectivity index is 1.96. The molecular weight excluding hydrogens is 228 g/mol. The van der Waals surface area contributed by atoms with Crippen molar-refractivity contribution in [1.82, 2.24) is 0 Å². The number of hydrogen-bond acceptors (Lipinski definition) is 3. The fraction of sp³-hybridized carbons (Fsp3) is 0.600. The summed E-state index contributed by atoms with van der Waals surface area (Å²) < 4.78 is 11.9. The maximum atomic E-state index is 10.4. The molecular formula is C15H20O3. The fourth-order valence-electron chi connectivity index (χ4n) is 3.41. The van der Waals surface area contributed by atoms with Gasteiger partial charge in [0.25, 0.3) is 0 Å². The first-order valence-corrected chi connectivity index (χ1v) is 6.74. The smallest absolute Gasteiger partial charge is 0.138 e. The Morgan fingerprint density at radius 3 is 3.00 bits per heavy atom. The largest absolute Gasteiger partial charge is 0.484 e. The fourth-order valence-corrected chi connectivity index (χ4v) is 3.41. The Labute approximate surface area is 108 Å². The van der Waals surface area contributed by atoms with Gasteiger partial charge in [-0.1, -0.05) is 24.6 Å². The molecule has 18 heavy (non-hydrogen) atoms. The van der Waals surface area contributed by atoms with Gasteiger partial charge < -0.3 is 14.6 Å². The van der Waals surface area contributed by atoms with Crippen LogP contribution in [0, 0.1) is 0 Å². The molecule has 1 saturated carbocycles. The molecule has 1 spiro atoms. The Morgan fingerprint density at radius 2 is 2.17 bits per heavy atom. The molecule has 0 bridgehead atoms. The van der Waals surface area contributed by atoms with Gasteiger partial charge in [-0.05, 0) is 25.3 Å². The second kappa shape index (κ2) is 4.56. The Bertz CT molecular complexity index is 432. The van der Waals surface area contributed by atoms with Crippen LogP contribution in [0.5, 0.6) is 5.75 Å². The number of para-hydroxylation sites is 1. The van der Waals surface area contributed by atoms with E-state index in [2.05, 4.69) is 0 Å². The third kappa shape index (κ3) is 1.82. The first kappa shape index (κ1) is 12.0. The predicted molar refractivity (Wildman–Crippen MR) is 68.6 cm³/mol. The van der Waals surface area contributed by atoms with Crippen LogP contribution in [-0.2, 0) is 4.74 Å². The van der Waals surface area contributed by atoms with Crippen molar-refractivity contribution in [1.29, 1.82) is 0 Å². The molecule has 2 aliphatic rings. The maximum absolute atomic E-state index is 10.4. The minimum atomic E-state index is -0.439. The summed E-state index contributed by atoms with van der Waals surface area (Å²) in [6.45, 7) is 0. The van der Waals surface area contributed by atoms with E-state index in [4.69, 9.17) is 9.47 Å². The highest BCUT2D eigenvalue weighted by Crippen LogP contribution is 2.46. The summed E-state index contributed by atoms with van der Waals surface area (Å²) in [6, 6.07) is 7.78. The minimum absolute atomic E-state index is 0.0919. The van der Waals surface area contributed by atoms with Crippen molar-refractivity contribution >= 4 is 0 Å². The van der Waals surface area contributed by atoms with Gasteiger partial charge >= 0.3 is 0 Å². The number of aliphatic hydroxyl groups is 1. The number of hydrogen-bond donors (Lipinski definition) is 1. The zero-order chi connectivity index (χ0) is 12.6. The van der Waals surface area contributed by atoms with Crippen LogP contribution in [0.15, 0.2) is 24.3 Å². The van der Waals surface area contributed by atoms with Crippen molar-refractivity contribution < 1.29 is 14.6 Å². The standard InChI is InChI=1S/C15H20O3/c1-17-14-8-4-5-9-15(14)10-12(16)11-6-2-3-7-13(11)18-15/h2-3,6-7,12,14,16H,4-5,8-10H2,1H3/t12-,14?,15?/m1/s1. The van der Waals surface area contributed by atoms with E-state index < -0.39 is 6.10 Å². The van der Waals surface area contributed by atoms with Gasteiger partial charge in [0, 0.05) is 19.1 Å². The first-order valence-electron chi connectivity index (χ1n) is 6.74. The van der Waals surface area contributed by atoms with Gasteiger partial charge in [-0.3, -0.25) is 0 Å². The van der Waals surface area contributed by atoms with E-state index in [1.807, 2.05) is 24.3 Å². The molecule has 3 rings (SSSR count). The molecule has 1 aliphatic carbocycles. The Morgan fingerprint density at radius 1 is 1.33 bits per heavy atom. The van der Waals surface area contributed by atoms with Crippen LogP contribution in [0.4, 0.5) is 0 Å². The normalized spacial score (nSPS) is 35.0. The van der Waals surface area contributed by atoms with Crippen LogP contribution in [-0.4, -0.2) is 23.9 Å². The number of rotatable bonds is 1. The molecule has 3 nitrogen and oxygen atoms in total. The number of benzene rings is 1. The third-order valence-electron chi connectivity index (χ3n) is 4.32. The zero-order valence-electron chi connectivity index (χ0n) is 10.8. The Kier molecular flexibility index (Phi) is 3.04. The van der Waals surface area contributed by atoms with Crippen molar-refractivity contribution in [2.75, 3.05) is 7.11 Å². The van der Waals surface area contributed by atoms with E-state index in [1.165, 1.54) is 6.42 Å². The molecule has 1 aromatic carbocycles. The van der Waals surface area contributed by atoms with Gasteiger partial charge in [-0.2, -0.15) is 0 Å². The highest BCUT2D eigenvalue weighted by Gasteiger charge is 2.48. The summed E-state index contributed by atoms with van der Waals surface area (Å²) >= 11 is 0. The van der Waals surface area contributed by atoms with Crippen LogP contribution < -0.4 is 4.74 Å². The monoisotopic (exact) mass is 248 g/mol. The molecule has 98 valence electrons. The van der Waals surface area contributed by atoms with Gasteiger partial charge in [0.1, 0.15) is 11.4 Å². The summed E-state index contributed by atoms with van der Waals surface area (Å²) in [6.07, 6.45) is 4.61. The molecule has 0 aromatic heterocycles. The van der Waals surface area contributed by atoms with Crippen molar-refractivity contribution in [2.45, 2.75) is 49.9 Å². The average Bonchev–Trinajstić information content (AvgIpc) is 2.39. The van der Waals surface area contributed by atoms with E-state index in [-0.39, 0.29) is 11.7 Å². The lowest BCUT2D eigenvalue weighted by molar-refractivity contribution is -0.130. The predicted octanol–water partition coefficient (Wildman–Crippen LogP) is 2.83. The average molecular weight is 248 g/mol. The summed E-state index contributed by atoms with van der Waals surface area (Å²) in [5.74, 6) is 0.820. The van der Waals surface area contributed by atoms with Crippen molar-refractivity contribution in [2.24, 2.45) is 0 Å². The van der Waals surface area contributed by atoms with Gasteiger partial charge in [0.2, 0.25) is 0 Å². The zero-order valence-corrected chi connectivity index (χ0v) is 10.8. The number of aliphatic hydroxyl groups excluding tert-OH is 1. The molecule has 0 radical (unpaired) electrons. The molecule has 1 fully saturated rings. The lowest BCUT2D eigenvalue weighted by atomic mass is 9.75. The molecule has 1 aliphatic heterocycles. The molecule has 2 unspecified atom stereocenters. The van der Waals surface area contributed by atoms with Gasteiger partial charge in [0.05, 0.1) is 12.2 Å². The SMILES string of the molecule is COC1CCCCC12C[C@@H](O)c1ccccc1O2. The Hall–Kier alpha value is -1.06. The van der Waals surface area contributed by atoms with Crippen LogP contribution in [0.3, 0.4) is 0 Å². The highest BCUT2D eigenvalue weighted by atomic mass is 16.5. The van der Waals surface area contributed by atoms with Gasteiger partial charge in [0.15, 0.2) is 0 Å². The first-order chi connectivity index (χ1) is 8.75. The van der Waals surface area contributed by atoms with E-state index in [0.29, 0.717) is 6.42 Å². The van der Waals surface area contributed by atoms with Crippen molar-refractivity contribution in [3.63, 3.8) is 0 Å². The lowest BCUT2D eigenvalue weighted by Crippen LogP contribution is -2.53. The minimum Gasteiger partial charge on any atom is -0.484 e. The summed E-state index contributed by atoms with van der Waals surface area (Å²) in [4.78, 5) is 0. The molecule has 1 heterocycles. The molecule has 1 aromatic rings. The number of fused-ring (bicyclic) bond motifs is 1. The number of ether oxygens (including phenoxy) is 2. The van der Waals surface area contributed by atoms with Crippen molar-refractivity contribution in [3.05, 3.63) is 29.8 Å². The summed E-state index contributed by atoms with van der Waals surface area (Å²) in [5, 5.41) is 10.4. The molecule has 3 heteroatoms. The summed E-state index contributed by atoms with van der Waals surface area (Å²) in [7, 11) is 1.74. The van der Waals surface area contributed by atoms with Crippen LogP contribution in [0.25, 0.3) is 0 Å². The second-order valence-corrected chi connectivity index (χ2v) is 5.39. The van der Waals surface area contributed by atoms with Crippen molar-refractivity contribution in [3.8, 4) is 5.75 Å². The topological polar surface area (TPSA) is 38.7 Å². The van der Waals surface area contributed by atoms with Gasteiger partial charge in [-0.25, -0.2) is 0 Å². The van der Waals surface area contributed by atoms with Crippen LogP contribution in [0.1, 0.15) is 43.8 Å². The molecule has 0 saturated heterocycles. The molecule has 0 amide bonds. The van der Waals surface area contributed by atoms with Crippen LogP contribution in [0.2, 0.25) is 0 Å². The maximum Gasteiger partial charge on any atom is 0.138 e. The summed E-state index contributed by atoms with van der Waals surface area (Å²) in [5.41, 5.74) is 0.573. The lowest BCUT2D eigenvalue weighted by Gasteiger charge is -2.47. The van der Waals surface area contributed by atoms with E-state index in [0.717, 1.165) is 30.6 Å². The van der Waals surface area contributed by atoms with E-state index in [1.54, 1.807) is 7.11 Å². The second-order valence-electron chi connectivity index (χ2n) is 5.39. The van der Waals surface area contributed by atoms with Crippen LogP contribution >= 0.6 is 0 Å². The molecule has 3 atom stereocenters.